The molecule has 3 aromatic rings. The zero-order chi connectivity index (χ0) is 14.1. The lowest BCUT2D eigenvalue weighted by Gasteiger charge is -2.05. The summed E-state index contributed by atoms with van der Waals surface area (Å²) in [5.74, 6) is -0.489. The highest BCUT2D eigenvalue weighted by atomic mass is 79.9. The number of carbonyl (C=O) groups is 1. The Kier molecular flexibility index (Phi) is 3.27. The van der Waals surface area contributed by atoms with Crippen molar-refractivity contribution < 1.29 is 9.53 Å². The first-order valence-corrected chi connectivity index (χ1v) is 6.69. The fourth-order valence-corrected chi connectivity index (χ4v) is 2.35. The third-order valence-electron chi connectivity index (χ3n) is 2.97. The predicted molar refractivity (Wildman–Crippen MR) is 76.4 cm³/mol. The molecular weight excluding hydrogens is 324 g/mol. The summed E-state index contributed by atoms with van der Waals surface area (Å²) in [6.45, 7) is 0.476. The van der Waals surface area contributed by atoms with Gasteiger partial charge in [-0.25, -0.2) is 9.48 Å². The molecule has 0 aliphatic carbocycles. The second kappa shape index (κ2) is 5.09. The number of benzene rings is 1. The van der Waals surface area contributed by atoms with E-state index >= 15 is 0 Å². The molecular formula is C13H11BrN4O2. The Morgan fingerprint density at radius 2 is 2.25 bits per heavy atom. The Labute approximate surface area is 123 Å². The van der Waals surface area contributed by atoms with Gasteiger partial charge < -0.3 is 9.30 Å². The van der Waals surface area contributed by atoms with Crippen LogP contribution in [0.4, 0.5) is 0 Å². The number of esters is 1. The van der Waals surface area contributed by atoms with Crippen molar-refractivity contribution in [3.8, 4) is 0 Å². The van der Waals surface area contributed by atoms with Gasteiger partial charge in [0, 0.05) is 10.7 Å². The third-order valence-corrected chi connectivity index (χ3v) is 3.46. The summed E-state index contributed by atoms with van der Waals surface area (Å²) in [6.07, 6.45) is 3.53. The van der Waals surface area contributed by atoms with Crippen molar-refractivity contribution in [3.63, 3.8) is 0 Å². The zero-order valence-corrected chi connectivity index (χ0v) is 12.2. The van der Waals surface area contributed by atoms with Crippen LogP contribution < -0.4 is 0 Å². The van der Waals surface area contributed by atoms with Crippen molar-refractivity contribution in [3.05, 3.63) is 46.8 Å². The number of halogens is 1. The summed E-state index contributed by atoms with van der Waals surface area (Å²) in [5, 5.41) is 8.84. The summed E-state index contributed by atoms with van der Waals surface area (Å²) in [4.78, 5) is 11.3. The monoisotopic (exact) mass is 334 g/mol. The first-order chi connectivity index (χ1) is 9.67. The Morgan fingerprint density at radius 1 is 1.40 bits per heavy atom. The van der Waals surface area contributed by atoms with Crippen LogP contribution in [0.2, 0.25) is 0 Å². The molecule has 2 heterocycles. The molecule has 0 saturated heterocycles. The number of methoxy groups -OCH3 is 1. The molecule has 6 nitrogen and oxygen atoms in total. The molecule has 0 amide bonds. The lowest BCUT2D eigenvalue weighted by Crippen LogP contribution is -2.07. The van der Waals surface area contributed by atoms with Crippen LogP contribution in [0.15, 0.2) is 41.1 Å². The van der Waals surface area contributed by atoms with E-state index in [4.69, 9.17) is 0 Å². The molecule has 0 radical (unpaired) electrons. The molecule has 0 N–H and O–H groups in total. The maximum atomic E-state index is 11.3. The highest BCUT2D eigenvalue weighted by molar-refractivity contribution is 9.10. The number of ether oxygens (including phenoxy) is 1. The average Bonchev–Trinajstić information content (AvgIpc) is 3.06. The van der Waals surface area contributed by atoms with Crippen molar-refractivity contribution in [1.82, 2.24) is 19.6 Å². The molecule has 0 spiro atoms. The summed E-state index contributed by atoms with van der Waals surface area (Å²) < 4.78 is 9.23. The van der Waals surface area contributed by atoms with Crippen molar-refractivity contribution >= 4 is 32.8 Å². The molecule has 0 atom stereocenters. The molecule has 0 unspecified atom stereocenters. The van der Waals surface area contributed by atoms with Crippen molar-refractivity contribution in [1.29, 1.82) is 0 Å². The third kappa shape index (κ3) is 2.32. The number of nitrogens with zero attached hydrogens (tertiary/aromatic N) is 4. The van der Waals surface area contributed by atoms with Crippen LogP contribution in [-0.4, -0.2) is 32.6 Å². The predicted octanol–water partition coefficient (Wildman–Crippen LogP) is 2.29. The molecule has 3 rings (SSSR count). The lowest BCUT2D eigenvalue weighted by atomic mass is 10.2. The van der Waals surface area contributed by atoms with Crippen molar-refractivity contribution in [2.24, 2.45) is 0 Å². The molecule has 7 heteroatoms. The summed E-state index contributed by atoms with van der Waals surface area (Å²) in [6, 6.07) is 8.10. The minimum absolute atomic E-state index is 0.199. The molecule has 102 valence electrons. The van der Waals surface area contributed by atoms with Crippen LogP contribution in [0.5, 0.6) is 0 Å². The standard InChI is InChI=1S/C13H11BrN4O2/c1-20-13(19)11-7-18(16-15-11)8-17-5-4-9-2-3-10(14)6-12(9)17/h2-7H,8H2,1H3. The SMILES string of the molecule is COC(=O)c1cn(Cn2ccc3ccc(Br)cc32)nn1. The number of rotatable bonds is 3. The average molecular weight is 335 g/mol. The number of hydrogen-bond donors (Lipinski definition) is 0. The number of carbonyl (C=O) groups excluding carboxylic acids is 1. The van der Waals surface area contributed by atoms with Gasteiger partial charge in [-0.3, -0.25) is 0 Å². The largest absolute Gasteiger partial charge is 0.464 e. The Morgan fingerprint density at radius 3 is 3.05 bits per heavy atom. The van der Waals surface area contributed by atoms with Gasteiger partial charge in [0.2, 0.25) is 0 Å². The van der Waals surface area contributed by atoms with Crippen LogP contribution in [0.25, 0.3) is 10.9 Å². The smallest absolute Gasteiger partial charge is 0.360 e. The summed E-state index contributed by atoms with van der Waals surface area (Å²) in [5.41, 5.74) is 1.28. The number of aromatic nitrogens is 4. The second-order valence-corrected chi connectivity index (χ2v) is 5.18. The fraction of sp³-hybridized carbons (Fsp3) is 0.154. The zero-order valence-electron chi connectivity index (χ0n) is 10.7. The van der Waals surface area contributed by atoms with Crippen LogP contribution >= 0.6 is 15.9 Å². The Hall–Kier alpha value is -2.15. The van der Waals surface area contributed by atoms with Crippen molar-refractivity contribution in [2.75, 3.05) is 7.11 Å². The number of fused-ring (bicyclic) bond motifs is 1. The van der Waals surface area contributed by atoms with Gasteiger partial charge in [-0.2, -0.15) is 0 Å². The van der Waals surface area contributed by atoms with Gasteiger partial charge in [0.15, 0.2) is 5.69 Å². The molecule has 20 heavy (non-hydrogen) atoms. The maximum absolute atomic E-state index is 11.3. The van der Waals surface area contributed by atoms with Gasteiger partial charge in [-0.1, -0.05) is 27.2 Å². The number of hydrogen-bond acceptors (Lipinski definition) is 4. The van der Waals surface area contributed by atoms with Gasteiger partial charge in [0.25, 0.3) is 0 Å². The molecule has 0 aliphatic rings. The second-order valence-electron chi connectivity index (χ2n) is 4.26. The highest BCUT2D eigenvalue weighted by Crippen LogP contribution is 2.20. The van der Waals surface area contributed by atoms with Crippen LogP contribution in [0, 0.1) is 0 Å². The summed E-state index contributed by atoms with van der Waals surface area (Å²) in [7, 11) is 1.32. The van der Waals surface area contributed by atoms with Crippen LogP contribution in [0.1, 0.15) is 10.5 Å². The van der Waals surface area contributed by atoms with E-state index in [1.807, 2.05) is 35.0 Å². The lowest BCUT2D eigenvalue weighted by molar-refractivity contribution is 0.0594. The van der Waals surface area contributed by atoms with E-state index in [9.17, 15) is 4.79 Å². The van der Waals surface area contributed by atoms with Gasteiger partial charge in [0.05, 0.1) is 18.8 Å². The Bertz CT molecular complexity index is 778. The van der Waals surface area contributed by atoms with E-state index in [-0.39, 0.29) is 5.69 Å². The van der Waals surface area contributed by atoms with Gasteiger partial charge in [-0.05, 0) is 23.6 Å². The molecule has 0 aliphatic heterocycles. The van der Waals surface area contributed by atoms with Gasteiger partial charge in [-0.15, -0.1) is 5.10 Å². The van der Waals surface area contributed by atoms with Crippen LogP contribution in [-0.2, 0) is 11.4 Å². The van der Waals surface area contributed by atoms with E-state index < -0.39 is 5.97 Å². The van der Waals surface area contributed by atoms with Crippen molar-refractivity contribution in [2.45, 2.75) is 6.67 Å². The van der Waals surface area contributed by atoms with E-state index in [0.717, 1.165) is 15.4 Å². The molecule has 0 bridgehead atoms. The maximum Gasteiger partial charge on any atom is 0.360 e. The van der Waals surface area contributed by atoms with Crippen LogP contribution in [0.3, 0.4) is 0 Å². The topological polar surface area (TPSA) is 61.9 Å². The minimum Gasteiger partial charge on any atom is -0.464 e. The normalized spacial score (nSPS) is 10.9. The minimum atomic E-state index is -0.489. The molecule has 1 aromatic carbocycles. The van der Waals surface area contributed by atoms with E-state index in [2.05, 4.69) is 31.0 Å². The van der Waals surface area contributed by atoms with Gasteiger partial charge >= 0.3 is 5.97 Å². The first kappa shape index (κ1) is 12.9. The first-order valence-electron chi connectivity index (χ1n) is 5.90. The summed E-state index contributed by atoms with van der Waals surface area (Å²) >= 11 is 3.46. The van der Waals surface area contributed by atoms with E-state index in [1.165, 1.54) is 7.11 Å². The van der Waals surface area contributed by atoms with Gasteiger partial charge in [0.1, 0.15) is 6.67 Å². The van der Waals surface area contributed by atoms with E-state index in [1.54, 1.807) is 10.9 Å². The quantitative estimate of drug-likeness (QED) is 0.689. The Balaban J connectivity index is 1.91. The van der Waals surface area contributed by atoms with E-state index in [0.29, 0.717) is 6.67 Å². The molecule has 2 aromatic heterocycles. The molecule has 0 saturated carbocycles. The molecule has 0 fully saturated rings. The highest BCUT2D eigenvalue weighted by Gasteiger charge is 2.11. The fourth-order valence-electron chi connectivity index (χ4n) is 2.00.